The number of hydrogen-bond donors (Lipinski definition) is 0. The van der Waals surface area contributed by atoms with Crippen LogP contribution in [0.25, 0.3) is 29.7 Å². The van der Waals surface area contributed by atoms with Gasteiger partial charge in [-0.15, -0.1) is 45.3 Å². The highest BCUT2D eigenvalue weighted by Crippen LogP contribution is 2.50. The maximum absolute atomic E-state index is 13.3. The molecule has 5 rings (SSSR count). The summed E-state index contributed by atoms with van der Waals surface area (Å²) < 4.78 is 12.8. The van der Waals surface area contributed by atoms with Crippen molar-refractivity contribution in [2.24, 2.45) is 17.8 Å². The standard InChI is InChI=1S/C46H71NO3S4Si/c1-9-14-23-35(12-4)30-55(31-36(13-5)24-15-10-2)38-27-33(7)51-42(38)43-39(55)28-37(53-43)41-44-40(34(8)52-41)47-45(54-44)46(48)50-26-21-19-17-16-18-20-25-49-29-32(6)22-11-3/h27-28,32,35-36H,9-26,29-31H2,1-8H3. The molecule has 4 nitrogen and oxygen atoms in total. The number of carbonyl (C=O) groups is 1. The highest BCUT2D eigenvalue weighted by atomic mass is 32.1. The van der Waals surface area contributed by atoms with E-state index in [2.05, 4.69) is 67.5 Å². The first-order valence-electron chi connectivity index (χ1n) is 22.1. The van der Waals surface area contributed by atoms with E-state index in [0.717, 1.165) is 54.5 Å². The number of nitrogens with zero attached hydrogens (tertiary/aromatic N) is 1. The van der Waals surface area contributed by atoms with Crippen LogP contribution in [0.15, 0.2) is 12.1 Å². The predicted octanol–water partition coefficient (Wildman–Crippen LogP) is 14.7. The van der Waals surface area contributed by atoms with Crippen molar-refractivity contribution >= 4 is 80.0 Å². The lowest BCUT2D eigenvalue weighted by Crippen LogP contribution is -2.56. The van der Waals surface area contributed by atoms with Crippen molar-refractivity contribution in [1.29, 1.82) is 0 Å². The van der Waals surface area contributed by atoms with Gasteiger partial charge in [-0.05, 0) is 85.5 Å². The summed E-state index contributed by atoms with van der Waals surface area (Å²) in [7, 11) is -2.01. The van der Waals surface area contributed by atoms with Gasteiger partial charge in [0.15, 0.2) is 0 Å². The molecule has 0 aliphatic carbocycles. The summed E-state index contributed by atoms with van der Waals surface area (Å²) in [4.78, 5) is 26.7. The molecule has 0 spiro atoms. The van der Waals surface area contributed by atoms with E-state index in [0.29, 0.717) is 17.5 Å². The van der Waals surface area contributed by atoms with E-state index in [4.69, 9.17) is 14.5 Å². The van der Waals surface area contributed by atoms with Crippen LogP contribution in [-0.2, 0) is 9.47 Å². The zero-order valence-electron chi connectivity index (χ0n) is 35.5. The molecule has 5 heterocycles. The minimum absolute atomic E-state index is 0.264. The van der Waals surface area contributed by atoms with Crippen molar-refractivity contribution in [3.8, 4) is 19.5 Å². The molecule has 0 aromatic carbocycles. The number of ether oxygens (including phenoxy) is 2. The Morgan fingerprint density at radius 2 is 1.33 bits per heavy atom. The Morgan fingerprint density at radius 3 is 1.96 bits per heavy atom. The summed E-state index contributed by atoms with van der Waals surface area (Å²) in [6.07, 6.45) is 19.7. The number of aryl methyl sites for hydroxylation is 2. The number of carbonyl (C=O) groups excluding carboxylic acids is 1. The number of hydrogen-bond acceptors (Lipinski definition) is 8. The predicted molar refractivity (Wildman–Crippen MR) is 248 cm³/mol. The van der Waals surface area contributed by atoms with Gasteiger partial charge >= 0.3 is 5.97 Å². The van der Waals surface area contributed by atoms with Crippen LogP contribution >= 0.6 is 45.3 Å². The molecule has 306 valence electrons. The van der Waals surface area contributed by atoms with Gasteiger partial charge in [0.2, 0.25) is 5.01 Å². The summed E-state index contributed by atoms with van der Waals surface area (Å²) in [6.45, 7) is 20.8. The number of fused-ring (bicyclic) bond motifs is 4. The van der Waals surface area contributed by atoms with Crippen molar-refractivity contribution in [3.63, 3.8) is 0 Å². The number of rotatable bonds is 27. The Morgan fingerprint density at radius 1 is 0.709 bits per heavy atom. The monoisotopic (exact) mass is 841 g/mol. The topological polar surface area (TPSA) is 48.4 Å². The van der Waals surface area contributed by atoms with E-state index in [9.17, 15) is 4.79 Å². The lowest BCUT2D eigenvalue weighted by Gasteiger charge is -2.35. The van der Waals surface area contributed by atoms with Crippen molar-refractivity contribution in [1.82, 2.24) is 4.98 Å². The normalized spacial score (nSPS) is 16.8. The van der Waals surface area contributed by atoms with Gasteiger partial charge in [0, 0.05) is 37.6 Å². The van der Waals surface area contributed by atoms with E-state index in [1.54, 1.807) is 31.5 Å². The third-order valence-electron chi connectivity index (χ3n) is 12.1. The number of unbranched alkanes of at least 4 members (excludes halogenated alkanes) is 7. The molecular weight excluding hydrogens is 771 g/mol. The molecule has 3 unspecified atom stereocenters. The third kappa shape index (κ3) is 11.2. The van der Waals surface area contributed by atoms with Gasteiger partial charge in [0.25, 0.3) is 0 Å². The second kappa shape index (κ2) is 22.1. The lowest BCUT2D eigenvalue weighted by molar-refractivity contribution is 0.0497. The molecule has 55 heavy (non-hydrogen) atoms. The van der Waals surface area contributed by atoms with Crippen molar-refractivity contribution in [3.05, 3.63) is 26.9 Å². The maximum atomic E-state index is 13.3. The van der Waals surface area contributed by atoms with Gasteiger partial charge in [-0.1, -0.05) is 125 Å². The molecule has 0 amide bonds. The van der Waals surface area contributed by atoms with Gasteiger partial charge < -0.3 is 9.47 Å². The fraction of sp³-hybridized carbons (Fsp3) is 0.696. The maximum Gasteiger partial charge on any atom is 0.367 e. The van der Waals surface area contributed by atoms with Crippen LogP contribution in [0.3, 0.4) is 0 Å². The van der Waals surface area contributed by atoms with Crippen LogP contribution in [0.1, 0.15) is 164 Å². The largest absolute Gasteiger partial charge is 0.460 e. The Kier molecular flexibility index (Phi) is 18.0. The highest BCUT2D eigenvalue weighted by Gasteiger charge is 2.49. The molecule has 9 heteroatoms. The first-order chi connectivity index (χ1) is 26.7. The van der Waals surface area contributed by atoms with E-state index < -0.39 is 8.07 Å². The molecule has 3 atom stereocenters. The summed E-state index contributed by atoms with van der Waals surface area (Å²) in [5.41, 5.74) is 0.988. The van der Waals surface area contributed by atoms with Crippen LogP contribution in [0, 0.1) is 31.6 Å². The summed E-state index contributed by atoms with van der Waals surface area (Å²) in [6, 6.07) is 8.05. The van der Waals surface area contributed by atoms with Crippen LogP contribution in [-0.4, -0.2) is 38.8 Å². The SMILES string of the molecule is CCCCC(CC)C[Si]1(CC(CC)CCCC)c2cc(C)sc2-c2sc(-c3sc(C)c4nc(C(=O)OCCCCCCCCOCC(C)CCC)sc34)cc21. The van der Waals surface area contributed by atoms with E-state index >= 15 is 0 Å². The Bertz CT molecular complexity index is 1750. The average molecular weight is 842 g/mol. The van der Waals surface area contributed by atoms with Crippen LogP contribution < -0.4 is 10.4 Å². The molecule has 0 fully saturated rings. The average Bonchev–Trinajstić information content (AvgIpc) is 3.99. The fourth-order valence-corrected chi connectivity index (χ4v) is 21.7. The molecule has 1 aliphatic rings. The zero-order valence-corrected chi connectivity index (χ0v) is 39.8. The number of esters is 1. The van der Waals surface area contributed by atoms with Gasteiger partial charge in [0.1, 0.15) is 8.07 Å². The van der Waals surface area contributed by atoms with Gasteiger partial charge in [0.05, 0.1) is 21.7 Å². The third-order valence-corrected chi connectivity index (χ3v) is 22.7. The minimum atomic E-state index is -2.01. The van der Waals surface area contributed by atoms with E-state index in [1.165, 1.54) is 115 Å². The second-order valence-corrected chi connectivity index (χ2v) is 25.3. The number of thiophene rings is 3. The van der Waals surface area contributed by atoms with E-state index in [-0.39, 0.29) is 5.97 Å². The zero-order chi connectivity index (χ0) is 39.4. The Balaban J connectivity index is 1.29. The first-order valence-corrected chi connectivity index (χ1v) is 27.8. The molecule has 0 saturated heterocycles. The van der Waals surface area contributed by atoms with E-state index in [1.807, 2.05) is 34.0 Å². The van der Waals surface area contributed by atoms with Gasteiger partial charge in [-0.25, -0.2) is 9.78 Å². The van der Waals surface area contributed by atoms with Crippen molar-refractivity contribution in [2.45, 2.75) is 170 Å². The second-order valence-electron chi connectivity index (χ2n) is 16.7. The van der Waals surface area contributed by atoms with Gasteiger partial charge in [-0.3, -0.25) is 0 Å². The number of thiazole rings is 1. The van der Waals surface area contributed by atoms with Crippen molar-refractivity contribution in [2.75, 3.05) is 19.8 Å². The molecule has 0 radical (unpaired) electrons. The van der Waals surface area contributed by atoms with Crippen molar-refractivity contribution < 1.29 is 14.3 Å². The minimum Gasteiger partial charge on any atom is -0.460 e. The Hall–Kier alpha value is -1.36. The Labute approximate surface area is 351 Å². The molecule has 0 saturated carbocycles. The summed E-state index contributed by atoms with van der Waals surface area (Å²) in [5.74, 6) is 1.98. The molecule has 0 N–H and O–H groups in total. The fourth-order valence-electron chi connectivity index (χ4n) is 8.92. The summed E-state index contributed by atoms with van der Waals surface area (Å²) in [5, 5.41) is 4.00. The van der Waals surface area contributed by atoms with Gasteiger partial charge in [-0.2, -0.15) is 0 Å². The molecule has 1 aliphatic heterocycles. The quantitative estimate of drug-likeness (QED) is 0.0341. The number of aromatic nitrogens is 1. The summed E-state index contributed by atoms with van der Waals surface area (Å²) >= 11 is 7.48. The molecule has 0 bridgehead atoms. The molecule has 4 aromatic rings. The van der Waals surface area contributed by atoms with Crippen LogP contribution in [0.5, 0.6) is 0 Å². The highest BCUT2D eigenvalue weighted by molar-refractivity contribution is 7.33. The lowest BCUT2D eigenvalue weighted by atomic mass is 10.0. The first kappa shape index (κ1) is 44.7. The smallest absolute Gasteiger partial charge is 0.367 e. The van der Waals surface area contributed by atoms with Crippen LogP contribution in [0.4, 0.5) is 0 Å². The molecule has 4 aromatic heterocycles. The molecular formula is C46H71NO3S4Si. The van der Waals surface area contributed by atoms with Crippen LogP contribution in [0.2, 0.25) is 12.1 Å².